The summed E-state index contributed by atoms with van der Waals surface area (Å²) in [7, 11) is -0.627. The van der Waals surface area contributed by atoms with Gasteiger partial charge in [0.1, 0.15) is 24.8 Å². The smallest absolute Gasteiger partial charge is 0.447 e. The van der Waals surface area contributed by atoms with Crippen LogP contribution in [0.5, 0.6) is 0 Å². The first-order chi connectivity index (χ1) is 25.6. The number of hydrogen-bond acceptors (Lipinski definition) is 9. The fraction of sp³-hybridized carbons (Fsp3) is 0.750. The molecule has 1 aromatic carbocycles. The van der Waals surface area contributed by atoms with Crippen LogP contribution in [0.1, 0.15) is 105 Å². The summed E-state index contributed by atoms with van der Waals surface area (Å²) < 4.78 is 30.5. The number of ether oxygens (including phenoxy) is 3. The molecule has 0 aromatic heterocycles. The fourth-order valence-corrected chi connectivity index (χ4v) is 9.91. The van der Waals surface area contributed by atoms with E-state index in [1.54, 1.807) is 4.90 Å². The summed E-state index contributed by atoms with van der Waals surface area (Å²) in [6.45, 7) is 16.0. The molecular weight excluding hydrogens is 691 g/mol. The van der Waals surface area contributed by atoms with Crippen molar-refractivity contribution in [3.8, 4) is 0 Å². The summed E-state index contributed by atoms with van der Waals surface area (Å²) in [6.07, 6.45) is 3.08. The van der Waals surface area contributed by atoms with Gasteiger partial charge in [0.2, 0.25) is 11.8 Å². The lowest BCUT2D eigenvalue weighted by atomic mass is 9.43. The largest absolute Gasteiger partial charge is 0.481 e. The highest BCUT2D eigenvalue weighted by Gasteiger charge is 2.68. The van der Waals surface area contributed by atoms with Crippen LogP contribution in [0.25, 0.3) is 0 Å². The molecule has 4 heterocycles. The number of likely N-dealkylation sites (tertiary alicyclic amines) is 1. The average molecular weight is 751 g/mol. The summed E-state index contributed by atoms with van der Waals surface area (Å²) >= 11 is 0. The number of carbonyl (C=O) groups is 4. The molecule has 0 unspecified atom stereocenters. The summed E-state index contributed by atoms with van der Waals surface area (Å²) in [4.78, 5) is 58.7. The van der Waals surface area contributed by atoms with Gasteiger partial charge in [-0.15, -0.1) is 0 Å². The Morgan fingerprint density at radius 3 is 2.39 bits per heavy atom. The molecule has 0 radical (unpaired) electrons. The molecule has 8 rings (SSSR count). The van der Waals surface area contributed by atoms with Gasteiger partial charge in [0.05, 0.1) is 30.3 Å². The molecule has 2 bridgehead atoms. The first-order valence-corrected chi connectivity index (χ1v) is 20.1. The number of carbonyl (C=O) groups excluding carboxylic acids is 4. The lowest BCUT2D eigenvalue weighted by Gasteiger charge is -2.64. The van der Waals surface area contributed by atoms with Crippen molar-refractivity contribution in [2.45, 2.75) is 148 Å². The van der Waals surface area contributed by atoms with E-state index < -0.39 is 60.4 Å². The average Bonchev–Trinajstić information content (AvgIpc) is 3.93. The van der Waals surface area contributed by atoms with Crippen molar-refractivity contribution in [1.29, 1.82) is 0 Å². The maximum atomic E-state index is 14.6. The standard InChI is InChI=1S/C40H59BN4O9/c1-8-12-32(41-53-31-18-26-17-30(39(26,5)6)40(31,7)54-41)42-34(46)29-19-28(52-37(49)44-20-24-13-9-10-14-25(24)21-44)22-45(29)35(47)33(38(2,3)4)43-36(48)51-23-27-15-11-16-50-27/h9-10,13-14,26-33H,8,11-12,15-23H2,1-7H3,(H,42,46)(H,43,48)/t26-,27-,28+,29-,30-,31+,32-,33+,40-/m0/s1. The van der Waals surface area contributed by atoms with E-state index in [0.717, 1.165) is 43.2 Å². The second-order valence-electron chi connectivity index (χ2n) is 18.3. The summed E-state index contributed by atoms with van der Waals surface area (Å²) in [5, 5.41) is 6.00. The third-order valence-corrected chi connectivity index (χ3v) is 13.2. The van der Waals surface area contributed by atoms with Gasteiger partial charge in [-0.3, -0.25) is 14.5 Å². The van der Waals surface area contributed by atoms with Crippen LogP contribution in [0.15, 0.2) is 24.3 Å². The van der Waals surface area contributed by atoms with E-state index in [1.165, 1.54) is 4.90 Å². The molecule has 296 valence electrons. The highest BCUT2D eigenvalue weighted by Crippen LogP contribution is 2.65. The van der Waals surface area contributed by atoms with Crippen LogP contribution in [-0.4, -0.2) is 103 Å². The van der Waals surface area contributed by atoms with Crippen LogP contribution in [-0.2, 0) is 46.2 Å². The lowest BCUT2D eigenvalue weighted by molar-refractivity contribution is -0.199. The molecule has 54 heavy (non-hydrogen) atoms. The molecule has 7 aliphatic rings. The van der Waals surface area contributed by atoms with E-state index >= 15 is 0 Å². The Bertz CT molecular complexity index is 1570. The van der Waals surface area contributed by atoms with E-state index in [2.05, 4.69) is 38.3 Å². The number of nitrogens with zero attached hydrogens (tertiary/aromatic N) is 2. The van der Waals surface area contributed by atoms with Crippen molar-refractivity contribution in [1.82, 2.24) is 20.4 Å². The number of hydrogen-bond donors (Lipinski definition) is 2. The van der Waals surface area contributed by atoms with Gasteiger partial charge in [-0.2, -0.15) is 0 Å². The Hall–Kier alpha value is -3.36. The number of benzene rings is 1. The molecule has 4 amide bonds. The summed E-state index contributed by atoms with van der Waals surface area (Å²) in [5.74, 6) is -0.314. The van der Waals surface area contributed by atoms with Crippen molar-refractivity contribution in [2.75, 3.05) is 19.8 Å². The SMILES string of the molecule is CCC[C@H](NC(=O)[C@@H]1C[C@@H](OC(=O)N2Cc3ccccc3C2)CN1C(=O)[C@@H](NC(=O)OC[C@@H]1CCCO1)C(C)(C)C)B1O[C@@H]2C[C@@H]3C[C@@H](C3(C)C)[C@]2(C)O1. The molecular formula is C40H59BN4O9. The molecule has 4 aliphatic heterocycles. The van der Waals surface area contributed by atoms with Crippen LogP contribution >= 0.6 is 0 Å². The molecule has 1 aromatic rings. The van der Waals surface area contributed by atoms with E-state index in [-0.39, 0.29) is 43.1 Å². The Morgan fingerprint density at radius 1 is 1.04 bits per heavy atom. The zero-order chi connectivity index (χ0) is 38.6. The third kappa shape index (κ3) is 7.46. The van der Waals surface area contributed by atoms with Gasteiger partial charge in [-0.25, -0.2) is 9.59 Å². The molecule has 13 nitrogen and oxygen atoms in total. The van der Waals surface area contributed by atoms with Crippen molar-refractivity contribution >= 4 is 31.1 Å². The van der Waals surface area contributed by atoms with E-state index in [0.29, 0.717) is 38.0 Å². The monoisotopic (exact) mass is 750 g/mol. The van der Waals surface area contributed by atoms with Crippen molar-refractivity contribution < 1.29 is 42.7 Å². The fourth-order valence-electron chi connectivity index (χ4n) is 9.91. The molecule has 6 fully saturated rings. The van der Waals surface area contributed by atoms with Crippen LogP contribution in [0.2, 0.25) is 0 Å². The van der Waals surface area contributed by atoms with Gasteiger partial charge in [0.15, 0.2) is 0 Å². The van der Waals surface area contributed by atoms with Gasteiger partial charge < -0.3 is 39.1 Å². The molecule has 3 saturated heterocycles. The normalized spacial score (nSPS) is 31.9. The first-order valence-electron chi connectivity index (χ1n) is 20.1. The Morgan fingerprint density at radius 2 is 1.76 bits per heavy atom. The molecule has 0 spiro atoms. The zero-order valence-electron chi connectivity index (χ0n) is 33.1. The number of fused-ring (bicyclic) bond motifs is 1. The Balaban J connectivity index is 1.07. The van der Waals surface area contributed by atoms with Gasteiger partial charge in [0, 0.05) is 26.1 Å². The summed E-state index contributed by atoms with van der Waals surface area (Å²) in [5.41, 5.74) is 1.12. The number of rotatable bonds is 10. The first kappa shape index (κ1) is 38.9. The van der Waals surface area contributed by atoms with Crippen LogP contribution in [0.4, 0.5) is 9.59 Å². The molecule has 3 aliphatic carbocycles. The highest BCUT2D eigenvalue weighted by atomic mass is 16.7. The second-order valence-corrected chi connectivity index (χ2v) is 18.3. The predicted molar refractivity (Wildman–Crippen MR) is 200 cm³/mol. The van der Waals surface area contributed by atoms with Crippen LogP contribution in [0.3, 0.4) is 0 Å². The zero-order valence-corrected chi connectivity index (χ0v) is 33.1. The molecule has 9 atom stereocenters. The van der Waals surface area contributed by atoms with Crippen LogP contribution in [0, 0.1) is 22.7 Å². The lowest BCUT2D eigenvalue weighted by Crippen LogP contribution is -2.65. The van der Waals surface area contributed by atoms with Gasteiger partial charge in [0.25, 0.3) is 0 Å². The maximum Gasteiger partial charge on any atom is 0.481 e. The van der Waals surface area contributed by atoms with Crippen molar-refractivity contribution in [3.05, 3.63) is 35.4 Å². The highest BCUT2D eigenvalue weighted by molar-refractivity contribution is 6.48. The third-order valence-electron chi connectivity index (χ3n) is 13.2. The predicted octanol–water partition coefficient (Wildman–Crippen LogP) is 4.98. The minimum Gasteiger partial charge on any atom is -0.447 e. The van der Waals surface area contributed by atoms with Gasteiger partial charge >= 0.3 is 19.3 Å². The second kappa shape index (κ2) is 15.0. The molecule has 14 heteroatoms. The van der Waals surface area contributed by atoms with Gasteiger partial charge in [-0.05, 0) is 72.8 Å². The minimum atomic E-state index is -1.03. The molecule has 3 saturated carbocycles. The van der Waals surface area contributed by atoms with E-state index in [4.69, 9.17) is 23.5 Å². The Labute approximate surface area is 320 Å². The number of amides is 4. The Kier molecular flexibility index (Phi) is 10.8. The molecule has 2 N–H and O–H groups in total. The minimum absolute atomic E-state index is 0.00413. The number of nitrogens with one attached hydrogen (secondary N) is 2. The van der Waals surface area contributed by atoms with Crippen molar-refractivity contribution in [3.63, 3.8) is 0 Å². The van der Waals surface area contributed by atoms with E-state index in [9.17, 15) is 19.2 Å². The van der Waals surface area contributed by atoms with Gasteiger partial charge in [-0.1, -0.05) is 72.2 Å². The quantitative estimate of drug-likeness (QED) is 0.317. The number of alkyl carbamates (subject to hydrolysis) is 1. The van der Waals surface area contributed by atoms with Crippen molar-refractivity contribution in [2.24, 2.45) is 22.7 Å². The maximum absolute atomic E-state index is 14.6. The van der Waals surface area contributed by atoms with E-state index in [1.807, 2.05) is 45.0 Å². The summed E-state index contributed by atoms with van der Waals surface area (Å²) in [6, 6.07) is 5.88. The topological polar surface area (TPSA) is 145 Å². The van der Waals surface area contributed by atoms with Crippen LogP contribution < -0.4 is 10.6 Å².